The second kappa shape index (κ2) is 13.1. The predicted molar refractivity (Wildman–Crippen MR) is 126 cm³/mol. The second-order valence-corrected chi connectivity index (χ2v) is 7.80. The van der Waals surface area contributed by atoms with Crippen LogP contribution in [0.5, 0.6) is 0 Å². The van der Waals surface area contributed by atoms with Gasteiger partial charge in [0.25, 0.3) is 0 Å². The molecule has 10 nitrogen and oxygen atoms in total. The molecule has 8 N–H and O–H groups in total. The van der Waals surface area contributed by atoms with Crippen molar-refractivity contribution in [3.8, 4) is 0 Å². The topological polar surface area (TPSA) is 185 Å². The van der Waals surface area contributed by atoms with Gasteiger partial charge in [-0.05, 0) is 49.0 Å². The van der Waals surface area contributed by atoms with Gasteiger partial charge in [-0.2, -0.15) is 0 Å². The fourth-order valence-electron chi connectivity index (χ4n) is 3.46. The highest BCUT2D eigenvalue weighted by molar-refractivity contribution is 6.08. The van der Waals surface area contributed by atoms with E-state index in [9.17, 15) is 19.2 Å². The minimum atomic E-state index is -1.37. The molecule has 0 bridgehead atoms. The van der Waals surface area contributed by atoms with E-state index >= 15 is 0 Å². The van der Waals surface area contributed by atoms with Gasteiger partial charge in [-0.25, -0.2) is 0 Å². The van der Waals surface area contributed by atoms with E-state index in [1.807, 2.05) is 0 Å². The van der Waals surface area contributed by atoms with E-state index in [0.717, 1.165) is 0 Å². The van der Waals surface area contributed by atoms with Gasteiger partial charge in [0.05, 0.1) is 23.5 Å². The normalized spacial score (nSPS) is 16.9. The number of aliphatic carboxylic acids is 2. The molecule has 2 aliphatic rings. The summed E-state index contributed by atoms with van der Waals surface area (Å²) in [6.07, 6.45) is 14.4. The zero-order valence-corrected chi connectivity index (χ0v) is 18.7. The molecule has 0 aromatic carbocycles. The van der Waals surface area contributed by atoms with Crippen molar-refractivity contribution in [2.45, 2.75) is 50.6 Å². The fourth-order valence-corrected chi connectivity index (χ4v) is 3.46. The number of carbonyl (C=O) groups excluding carboxylic acids is 2. The van der Waals surface area contributed by atoms with Gasteiger partial charge in [-0.3, -0.25) is 19.2 Å². The zero-order valence-electron chi connectivity index (χ0n) is 18.7. The number of hydrogen-bond donors (Lipinski definition) is 6. The number of hydrogen-bond acceptors (Lipinski definition) is 8. The summed E-state index contributed by atoms with van der Waals surface area (Å²) in [5, 5.41) is 23.5. The van der Waals surface area contributed by atoms with Crippen LogP contribution in [0.15, 0.2) is 71.4 Å². The number of nitrogens with one attached hydrogen (secondary N) is 2. The highest BCUT2D eigenvalue weighted by atomic mass is 16.4. The van der Waals surface area contributed by atoms with Crippen LogP contribution in [-0.2, 0) is 19.2 Å². The maximum atomic E-state index is 13.2. The molecule has 0 aromatic heterocycles. The Bertz CT molecular complexity index is 923. The van der Waals surface area contributed by atoms with Crippen LogP contribution in [0.1, 0.15) is 38.5 Å². The Kier molecular flexibility index (Phi) is 10.2. The van der Waals surface area contributed by atoms with Gasteiger partial charge in [0.15, 0.2) is 11.6 Å². The molecule has 0 aliphatic carbocycles. The first-order valence-corrected chi connectivity index (χ1v) is 10.9. The average molecular weight is 471 g/mol. The maximum absolute atomic E-state index is 13.2. The van der Waals surface area contributed by atoms with Crippen molar-refractivity contribution in [1.82, 2.24) is 10.6 Å². The lowest BCUT2D eigenvalue weighted by Gasteiger charge is -2.22. The predicted octanol–water partition coefficient (Wildman–Crippen LogP) is 1.14. The number of nitrogens with two attached hydrogens (primary N) is 2. The van der Waals surface area contributed by atoms with Gasteiger partial charge in [0.2, 0.25) is 0 Å². The first-order valence-electron chi connectivity index (χ1n) is 10.9. The first kappa shape index (κ1) is 26.5. The molecule has 2 unspecified atom stereocenters. The van der Waals surface area contributed by atoms with Crippen LogP contribution in [0.4, 0.5) is 0 Å². The summed E-state index contributed by atoms with van der Waals surface area (Å²) in [4.78, 5) is 48.1. The lowest BCUT2D eigenvalue weighted by molar-refractivity contribution is -0.138. The highest BCUT2D eigenvalue weighted by Gasteiger charge is 2.33. The number of carboxylic acids is 2. The molecule has 0 amide bonds. The minimum absolute atomic E-state index is 0.0538. The van der Waals surface area contributed by atoms with Gasteiger partial charge in [0.1, 0.15) is 0 Å². The number of rotatable bonds is 13. The summed E-state index contributed by atoms with van der Waals surface area (Å²) in [5.74, 6) is -3.02. The van der Waals surface area contributed by atoms with Crippen LogP contribution in [0, 0.1) is 0 Å². The smallest absolute Gasteiger partial charge is 0.303 e. The molecular weight excluding hydrogens is 440 g/mol. The van der Waals surface area contributed by atoms with Crippen molar-refractivity contribution in [3.05, 3.63) is 71.4 Å². The Labute approximate surface area is 197 Å². The number of allylic oxidation sites excluding steroid dienone is 8. The first-order chi connectivity index (χ1) is 16.2. The van der Waals surface area contributed by atoms with Crippen LogP contribution in [0.25, 0.3) is 0 Å². The molecule has 182 valence electrons. The van der Waals surface area contributed by atoms with E-state index in [1.165, 1.54) is 0 Å². The molecule has 0 aromatic rings. The average Bonchev–Trinajstić information content (AvgIpc) is 3.17. The molecule has 2 atom stereocenters. The summed E-state index contributed by atoms with van der Waals surface area (Å²) in [6, 6.07) is -2.73. The van der Waals surface area contributed by atoms with E-state index in [0.29, 0.717) is 36.8 Å². The molecule has 2 aliphatic heterocycles. The Morgan fingerprint density at radius 2 is 1.09 bits per heavy atom. The summed E-state index contributed by atoms with van der Waals surface area (Å²) >= 11 is 0. The number of carbonyl (C=O) groups is 4. The van der Waals surface area contributed by atoms with Crippen molar-refractivity contribution in [3.63, 3.8) is 0 Å². The lowest BCUT2D eigenvalue weighted by Crippen LogP contribution is -2.54. The number of Topliss-reactive ketones (excluding diaryl/α,β-unsaturated/α-hetero) is 2. The third-order valence-corrected chi connectivity index (χ3v) is 5.27. The summed E-state index contributed by atoms with van der Waals surface area (Å²) in [7, 11) is 0. The molecule has 2 heterocycles. The highest BCUT2D eigenvalue weighted by Crippen LogP contribution is 2.20. The second-order valence-electron chi connectivity index (χ2n) is 7.80. The summed E-state index contributed by atoms with van der Waals surface area (Å²) < 4.78 is 0. The Morgan fingerprint density at radius 1 is 0.706 bits per heavy atom. The summed E-state index contributed by atoms with van der Waals surface area (Å²) in [6.45, 7) is 0. The van der Waals surface area contributed by atoms with E-state index in [4.69, 9.17) is 21.7 Å². The lowest BCUT2D eigenvalue weighted by atomic mass is 9.92. The van der Waals surface area contributed by atoms with Gasteiger partial charge >= 0.3 is 11.9 Å². The van der Waals surface area contributed by atoms with Gasteiger partial charge < -0.3 is 32.3 Å². The van der Waals surface area contributed by atoms with E-state index in [1.54, 1.807) is 48.9 Å². The van der Waals surface area contributed by atoms with E-state index in [2.05, 4.69) is 10.6 Å². The number of carboxylic acid groups (broad SMARTS) is 2. The fraction of sp³-hybridized carbons (Fsp3) is 0.333. The third kappa shape index (κ3) is 7.68. The quantitative estimate of drug-likeness (QED) is 0.228. The SMILES string of the molecule is NC(C(=O)C1=C(CCCC(=O)O)C=CC=CN1)C(N)C(=O)C1=C(CCCC(=O)O)C=CC=CN1. The minimum Gasteiger partial charge on any atom is -0.481 e. The number of ketones is 2. The maximum Gasteiger partial charge on any atom is 0.303 e. The van der Waals surface area contributed by atoms with Crippen LogP contribution in [0.2, 0.25) is 0 Å². The van der Waals surface area contributed by atoms with E-state index < -0.39 is 35.6 Å². The Hall–Kier alpha value is -3.76. The van der Waals surface area contributed by atoms with Crippen molar-refractivity contribution in [1.29, 1.82) is 0 Å². The molecule has 0 radical (unpaired) electrons. The molecular formula is C24H30N4O6. The van der Waals surface area contributed by atoms with Crippen molar-refractivity contribution < 1.29 is 29.4 Å². The van der Waals surface area contributed by atoms with Crippen molar-refractivity contribution in [2.75, 3.05) is 0 Å². The third-order valence-electron chi connectivity index (χ3n) is 5.27. The van der Waals surface area contributed by atoms with Crippen molar-refractivity contribution in [2.24, 2.45) is 11.5 Å². The van der Waals surface area contributed by atoms with Gasteiger partial charge in [-0.15, -0.1) is 0 Å². The van der Waals surface area contributed by atoms with Crippen LogP contribution >= 0.6 is 0 Å². The van der Waals surface area contributed by atoms with Crippen LogP contribution in [-0.4, -0.2) is 45.8 Å². The standard InChI is InChI=1S/C24H30N4O6/c25-19(23(33)21-15(7-1-3-13-27-21)9-5-11-17(29)30)20(26)24(34)22-16(8-2-4-14-28-22)10-6-12-18(31)32/h1-4,7-8,13-14,19-20,27-28H,5-6,9-12,25-26H2,(H,29,30)(H,31,32). The molecule has 34 heavy (non-hydrogen) atoms. The van der Waals surface area contributed by atoms with Crippen LogP contribution < -0.4 is 22.1 Å². The van der Waals surface area contributed by atoms with Crippen molar-refractivity contribution >= 4 is 23.5 Å². The molecule has 10 heteroatoms. The monoisotopic (exact) mass is 470 g/mol. The van der Waals surface area contributed by atoms with Gasteiger partial charge in [-0.1, -0.05) is 24.3 Å². The molecule has 0 spiro atoms. The van der Waals surface area contributed by atoms with E-state index in [-0.39, 0.29) is 24.2 Å². The Balaban J connectivity index is 2.23. The molecule has 0 saturated heterocycles. The van der Waals surface area contributed by atoms with Crippen LogP contribution in [0.3, 0.4) is 0 Å². The summed E-state index contributed by atoms with van der Waals surface area (Å²) in [5.41, 5.74) is 13.7. The zero-order chi connectivity index (χ0) is 25.1. The molecule has 0 fully saturated rings. The largest absolute Gasteiger partial charge is 0.481 e. The molecule has 0 saturated carbocycles. The Morgan fingerprint density at radius 3 is 1.44 bits per heavy atom. The molecule has 2 rings (SSSR count). The van der Waals surface area contributed by atoms with Gasteiger partial charge in [0, 0.05) is 25.2 Å².